The van der Waals surface area contributed by atoms with Gasteiger partial charge in [-0.1, -0.05) is 0 Å². The Hall–Kier alpha value is -3.50. The molecular weight excluding hydrogens is 453 g/mol. The lowest BCUT2D eigenvalue weighted by Gasteiger charge is -2.11. The van der Waals surface area contributed by atoms with Crippen LogP contribution in [0.4, 0.5) is 15.2 Å². The van der Waals surface area contributed by atoms with Crippen LogP contribution in [0.2, 0.25) is 0 Å². The number of carbonyl (C=O) groups is 3. The molecule has 0 radical (unpaired) electrons. The second-order valence-electron chi connectivity index (χ2n) is 6.48. The Bertz CT molecular complexity index is 1140. The molecule has 0 aliphatic carbocycles. The largest absolute Gasteiger partial charge is 0.478 e. The fraction of sp³-hybridized carbons (Fsp3) is 0.0909. The second-order valence-corrected chi connectivity index (χ2v) is 8.75. The maximum Gasteiger partial charge on any atom is 0.328 e. The Morgan fingerprint density at radius 3 is 2.41 bits per heavy atom. The smallest absolute Gasteiger partial charge is 0.328 e. The summed E-state index contributed by atoms with van der Waals surface area (Å²) >= 11 is 2.62. The van der Waals surface area contributed by atoms with Crippen molar-refractivity contribution in [1.29, 1.82) is 0 Å². The lowest BCUT2D eigenvalue weighted by molar-refractivity contribution is -0.131. The number of nitrogens with zero attached hydrogens (tertiary/aromatic N) is 1. The van der Waals surface area contributed by atoms with Gasteiger partial charge in [0.15, 0.2) is 5.13 Å². The summed E-state index contributed by atoms with van der Waals surface area (Å²) in [5, 5.41) is 15.7. The van der Waals surface area contributed by atoms with Gasteiger partial charge in [-0.3, -0.25) is 9.59 Å². The molecule has 7 nitrogen and oxygen atoms in total. The first-order chi connectivity index (χ1) is 15.3. The van der Waals surface area contributed by atoms with Gasteiger partial charge >= 0.3 is 5.97 Å². The van der Waals surface area contributed by atoms with E-state index in [1.54, 1.807) is 48.7 Å². The molecule has 10 heteroatoms. The first kappa shape index (κ1) is 23.2. The maximum atomic E-state index is 13.1. The summed E-state index contributed by atoms with van der Waals surface area (Å²) in [7, 11) is 0. The predicted octanol–water partition coefficient (Wildman–Crippen LogP) is 4.65. The van der Waals surface area contributed by atoms with Gasteiger partial charge in [0.05, 0.1) is 10.9 Å². The standard InChI is InChI=1S/C22H18FN3O4S2/c1-13(32-17-8-6-16(7-9-17)24-19(27)10-11-20(28)29)21(30)26-22-25-18(12-31-22)14-2-4-15(23)5-3-14/h2-13H,1H3,(H,24,27)(H,28,29)(H,25,26,30)/b11-10+. The average Bonchev–Trinajstić information content (AvgIpc) is 3.22. The second kappa shape index (κ2) is 10.7. The molecule has 1 atom stereocenters. The number of amides is 2. The summed E-state index contributed by atoms with van der Waals surface area (Å²) in [6.45, 7) is 1.76. The van der Waals surface area contributed by atoms with Crippen LogP contribution < -0.4 is 10.6 Å². The minimum absolute atomic E-state index is 0.216. The highest BCUT2D eigenvalue weighted by atomic mass is 32.2. The van der Waals surface area contributed by atoms with E-state index in [0.717, 1.165) is 22.6 Å². The maximum absolute atomic E-state index is 13.1. The van der Waals surface area contributed by atoms with Crippen LogP contribution in [0.5, 0.6) is 0 Å². The molecule has 3 N–H and O–H groups in total. The third kappa shape index (κ3) is 6.76. The van der Waals surface area contributed by atoms with E-state index < -0.39 is 17.1 Å². The molecular formula is C22H18FN3O4S2. The number of thioether (sulfide) groups is 1. The van der Waals surface area contributed by atoms with Crippen molar-refractivity contribution in [2.75, 3.05) is 10.6 Å². The van der Waals surface area contributed by atoms with Gasteiger partial charge in [-0.05, 0) is 55.5 Å². The number of carboxylic acid groups (broad SMARTS) is 1. The molecule has 0 spiro atoms. The highest BCUT2D eigenvalue weighted by Gasteiger charge is 2.16. The molecule has 2 aromatic carbocycles. The molecule has 1 heterocycles. The molecule has 1 unspecified atom stereocenters. The van der Waals surface area contributed by atoms with Gasteiger partial charge in [-0.2, -0.15) is 0 Å². The highest BCUT2D eigenvalue weighted by molar-refractivity contribution is 8.00. The van der Waals surface area contributed by atoms with Crippen molar-refractivity contribution in [2.24, 2.45) is 0 Å². The minimum atomic E-state index is -1.21. The number of halogens is 1. The molecule has 0 aliphatic heterocycles. The Morgan fingerprint density at radius 2 is 1.75 bits per heavy atom. The fourth-order valence-electron chi connectivity index (χ4n) is 2.50. The molecule has 3 rings (SSSR count). The monoisotopic (exact) mass is 471 g/mol. The first-order valence-corrected chi connectivity index (χ1v) is 11.1. The zero-order valence-electron chi connectivity index (χ0n) is 16.7. The SMILES string of the molecule is CC(Sc1ccc(NC(=O)/C=C/C(=O)O)cc1)C(=O)Nc1nc(-c2ccc(F)cc2)cs1. The molecule has 0 fully saturated rings. The number of nitrogens with one attached hydrogen (secondary N) is 2. The summed E-state index contributed by atoms with van der Waals surface area (Å²) in [5.41, 5.74) is 1.92. The number of aromatic nitrogens is 1. The number of rotatable bonds is 8. The fourth-order valence-corrected chi connectivity index (χ4v) is 4.09. The number of carbonyl (C=O) groups excluding carboxylic acids is 2. The number of anilines is 2. The number of benzene rings is 2. The third-order valence-corrected chi connectivity index (χ3v) is 5.93. The van der Waals surface area contributed by atoms with E-state index in [2.05, 4.69) is 15.6 Å². The van der Waals surface area contributed by atoms with Crippen LogP contribution >= 0.6 is 23.1 Å². The summed E-state index contributed by atoms with van der Waals surface area (Å²) < 4.78 is 13.1. The number of hydrogen-bond acceptors (Lipinski definition) is 6. The van der Waals surface area contributed by atoms with Gasteiger partial charge in [0, 0.05) is 33.7 Å². The van der Waals surface area contributed by atoms with Crippen LogP contribution in [0, 0.1) is 5.82 Å². The van der Waals surface area contributed by atoms with Crippen LogP contribution in [0.1, 0.15) is 6.92 Å². The van der Waals surface area contributed by atoms with Crippen LogP contribution in [-0.4, -0.2) is 33.1 Å². The Kier molecular flexibility index (Phi) is 7.74. The van der Waals surface area contributed by atoms with Crippen molar-refractivity contribution >= 4 is 51.7 Å². The lowest BCUT2D eigenvalue weighted by atomic mass is 10.2. The molecule has 3 aromatic rings. The first-order valence-electron chi connectivity index (χ1n) is 9.31. The summed E-state index contributed by atoms with van der Waals surface area (Å²) in [5.74, 6) is -2.30. The molecule has 2 amide bonds. The molecule has 32 heavy (non-hydrogen) atoms. The van der Waals surface area contributed by atoms with Crippen LogP contribution in [-0.2, 0) is 14.4 Å². The Morgan fingerprint density at radius 1 is 1.06 bits per heavy atom. The van der Waals surface area contributed by atoms with E-state index in [1.165, 1.54) is 35.2 Å². The lowest BCUT2D eigenvalue weighted by Crippen LogP contribution is -2.22. The van der Waals surface area contributed by atoms with Crippen molar-refractivity contribution in [1.82, 2.24) is 4.98 Å². The number of aliphatic carboxylic acids is 1. The molecule has 0 bridgehead atoms. The number of thiazole rings is 1. The molecule has 0 saturated carbocycles. The van der Waals surface area contributed by atoms with Crippen molar-refractivity contribution in [3.05, 3.63) is 71.9 Å². The van der Waals surface area contributed by atoms with Gasteiger partial charge in [0.1, 0.15) is 5.82 Å². The minimum Gasteiger partial charge on any atom is -0.478 e. The van der Waals surface area contributed by atoms with Crippen LogP contribution in [0.25, 0.3) is 11.3 Å². The van der Waals surface area contributed by atoms with Gasteiger partial charge in [-0.15, -0.1) is 23.1 Å². The topological polar surface area (TPSA) is 108 Å². The van der Waals surface area contributed by atoms with Crippen molar-refractivity contribution in [3.8, 4) is 11.3 Å². The van der Waals surface area contributed by atoms with Gasteiger partial charge in [-0.25, -0.2) is 14.2 Å². The van der Waals surface area contributed by atoms with Crippen molar-refractivity contribution in [3.63, 3.8) is 0 Å². The molecule has 0 aliphatic rings. The quantitative estimate of drug-likeness (QED) is 0.326. The Balaban J connectivity index is 1.54. The zero-order valence-corrected chi connectivity index (χ0v) is 18.4. The Labute approximate surface area is 191 Å². The van der Waals surface area contributed by atoms with E-state index >= 15 is 0 Å². The highest BCUT2D eigenvalue weighted by Crippen LogP contribution is 2.28. The van der Waals surface area contributed by atoms with Crippen LogP contribution in [0.15, 0.2) is 71.0 Å². The van der Waals surface area contributed by atoms with Gasteiger partial charge < -0.3 is 15.7 Å². The molecule has 1 aromatic heterocycles. The molecule has 164 valence electrons. The van der Waals surface area contributed by atoms with Gasteiger partial charge in [0.25, 0.3) is 0 Å². The third-order valence-electron chi connectivity index (χ3n) is 4.06. The average molecular weight is 472 g/mol. The van der Waals surface area contributed by atoms with E-state index in [4.69, 9.17) is 5.11 Å². The van der Waals surface area contributed by atoms with Crippen molar-refractivity contribution in [2.45, 2.75) is 17.1 Å². The van der Waals surface area contributed by atoms with E-state index in [-0.39, 0.29) is 11.7 Å². The van der Waals surface area contributed by atoms with E-state index in [1.807, 2.05) is 0 Å². The summed E-state index contributed by atoms with van der Waals surface area (Å²) in [6.07, 6.45) is 1.68. The van der Waals surface area contributed by atoms with E-state index in [9.17, 15) is 18.8 Å². The molecule has 0 saturated heterocycles. The predicted molar refractivity (Wildman–Crippen MR) is 123 cm³/mol. The summed E-state index contributed by atoms with van der Waals surface area (Å²) in [4.78, 5) is 39.8. The van der Waals surface area contributed by atoms with E-state index in [0.29, 0.717) is 16.5 Å². The van der Waals surface area contributed by atoms with Crippen molar-refractivity contribution < 1.29 is 23.9 Å². The normalized spacial score (nSPS) is 11.8. The number of carboxylic acids is 1. The van der Waals surface area contributed by atoms with Crippen LogP contribution in [0.3, 0.4) is 0 Å². The summed E-state index contributed by atoms with van der Waals surface area (Å²) in [6, 6.07) is 12.8. The number of hydrogen-bond donors (Lipinski definition) is 3. The van der Waals surface area contributed by atoms with Gasteiger partial charge in [0.2, 0.25) is 11.8 Å². The zero-order chi connectivity index (χ0) is 23.1.